The van der Waals surface area contributed by atoms with Crippen molar-refractivity contribution in [3.05, 3.63) is 46.6 Å². The van der Waals surface area contributed by atoms with Gasteiger partial charge < -0.3 is 10.6 Å². The molecule has 2 rings (SSSR count). The highest BCUT2D eigenvalue weighted by Crippen LogP contribution is 2.18. The maximum Gasteiger partial charge on any atom is 0.171 e. The van der Waals surface area contributed by atoms with E-state index in [9.17, 15) is 0 Å². The summed E-state index contributed by atoms with van der Waals surface area (Å²) < 4.78 is 1.91. The number of hydrogen-bond donors (Lipinski definition) is 2. The van der Waals surface area contributed by atoms with Crippen LogP contribution in [0.1, 0.15) is 25.1 Å². The Morgan fingerprint density at radius 1 is 1.36 bits per heavy atom. The summed E-state index contributed by atoms with van der Waals surface area (Å²) in [6.45, 7) is 7.76. The van der Waals surface area contributed by atoms with Gasteiger partial charge in [0, 0.05) is 23.3 Å². The summed E-state index contributed by atoms with van der Waals surface area (Å²) >= 11 is 11.5. The molecule has 6 heteroatoms. The molecule has 0 amide bonds. The van der Waals surface area contributed by atoms with Gasteiger partial charge in [-0.2, -0.15) is 5.10 Å². The largest absolute Gasteiger partial charge is 0.362 e. The van der Waals surface area contributed by atoms with Crippen molar-refractivity contribution in [2.75, 3.05) is 11.9 Å². The van der Waals surface area contributed by atoms with E-state index in [0.29, 0.717) is 17.6 Å². The number of nitrogens with zero attached hydrogens (tertiary/aromatic N) is 2. The van der Waals surface area contributed by atoms with E-state index in [1.807, 2.05) is 41.9 Å². The summed E-state index contributed by atoms with van der Waals surface area (Å²) in [5.41, 5.74) is 2.09. The van der Waals surface area contributed by atoms with Gasteiger partial charge in [0.15, 0.2) is 10.9 Å². The Balaban J connectivity index is 2.02. The molecule has 22 heavy (non-hydrogen) atoms. The predicted molar refractivity (Wildman–Crippen MR) is 96.6 cm³/mol. The fraction of sp³-hybridized carbons (Fsp3) is 0.375. The zero-order valence-electron chi connectivity index (χ0n) is 13.1. The van der Waals surface area contributed by atoms with Gasteiger partial charge in [-0.3, -0.25) is 4.68 Å². The van der Waals surface area contributed by atoms with Gasteiger partial charge in [-0.1, -0.05) is 43.6 Å². The van der Waals surface area contributed by atoms with Crippen LogP contribution >= 0.6 is 23.8 Å². The van der Waals surface area contributed by atoms with E-state index in [1.165, 1.54) is 0 Å². The molecular weight excluding hydrogens is 316 g/mol. The Morgan fingerprint density at radius 2 is 2.09 bits per heavy atom. The summed E-state index contributed by atoms with van der Waals surface area (Å²) in [7, 11) is 0. The van der Waals surface area contributed by atoms with Crippen molar-refractivity contribution in [3.63, 3.8) is 0 Å². The number of aryl methyl sites for hydroxylation is 1. The second-order valence-electron chi connectivity index (χ2n) is 5.65. The van der Waals surface area contributed by atoms with Crippen LogP contribution in [0.5, 0.6) is 0 Å². The number of halogens is 1. The molecule has 0 aliphatic carbocycles. The van der Waals surface area contributed by atoms with Crippen molar-refractivity contribution in [2.45, 2.75) is 27.3 Å². The van der Waals surface area contributed by atoms with E-state index in [2.05, 4.69) is 29.6 Å². The van der Waals surface area contributed by atoms with Crippen molar-refractivity contribution in [1.82, 2.24) is 15.1 Å². The van der Waals surface area contributed by atoms with Gasteiger partial charge in [0.25, 0.3) is 0 Å². The van der Waals surface area contributed by atoms with E-state index in [-0.39, 0.29) is 0 Å². The Bertz CT molecular complexity index is 651. The lowest BCUT2D eigenvalue weighted by atomic mass is 10.2. The van der Waals surface area contributed by atoms with Crippen LogP contribution in [-0.4, -0.2) is 21.4 Å². The number of anilines is 1. The molecule has 0 unspecified atom stereocenters. The minimum atomic E-state index is 0.541. The average molecular weight is 337 g/mol. The Kier molecular flexibility index (Phi) is 5.80. The summed E-state index contributed by atoms with van der Waals surface area (Å²) in [6.07, 6.45) is 0. The molecule has 118 valence electrons. The number of hydrogen-bond acceptors (Lipinski definition) is 2. The van der Waals surface area contributed by atoms with Crippen LogP contribution in [0.25, 0.3) is 0 Å². The highest BCUT2D eigenvalue weighted by molar-refractivity contribution is 7.80. The molecule has 0 aliphatic heterocycles. The molecule has 2 N–H and O–H groups in total. The summed E-state index contributed by atoms with van der Waals surface area (Å²) in [4.78, 5) is 0. The Hall–Kier alpha value is -1.59. The van der Waals surface area contributed by atoms with Crippen molar-refractivity contribution in [3.8, 4) is 0 Å². The minimum Gasteiger partial charge on any atom is -0.362 e. The average Bonchev–Trinajstić information content (AvgIpc) is 2.79. The molecule has 0 atom stereocenters. The first-order valence-electron chi connectivity index (χ1n) is 7.28. The van der Waals surface area contributed by atoms with Crippen LogP contribution in [0.2, 0.25) is 5.02 Å². The summed E-state index contributed by atoms with van der Waals surface area (Å²) in [6, 6.07) is 9.77. The van der Waals surface area contributed by atoms with Gasteiger partial charge in [-0.25, -0.2) is 0 Å². The van der Waals surface area contributed by atoms with Crippen LogP contribution in [0.15, 0.2) is 30.3 Å². The molecule has 1 heterocycles. The molecule has 4 nitrogen and oxygen atoms in total. The maximum atomic E-state index is 6.20. The molecule has 0 aliphatic rings. The SMILES string of the molecule is Cc1cc(NC(=S)NCC(C)C)nn1Cc1ccccc1Cl. The molecule has 0 saturated heterocycles. The van der Waals surface area contributed by atoms with E-state index in [0.717, 1.165) is 28.6 Å². The Morgan fingerprint density at radius 3 is 2.77 bits per heavy atom. The van der Waals surface area contributed by atoms with Crippen molar-refractivity contribution in [2.24, 2.45) is 5.92 Å². The van der Waals surface area contributed by atoms with Gasteiger partial charge in [0.2, 0.25) is 0 Å². The molecule has 0 radical (unpaired) electrons. The number of rotatable bonds is 5. The predicted octanol–water partition coefficient (Wildman–Crippen LogP) is 3.84. The lowest BCUT2D eigenvalue weighted by molar-refractivity contribution is 0.627. The minimum absolute atomic E-state index is 0.541. The third-order valence-electron chi connectivity index (χ3n) is 3.17. The fourth-order valence-electron chi connectivity index (χ4n) is 1.98. The van der Waals surface area contributed by atoms with Gasteiger partial charge in [0.05, 0.1) is 6.54 Å². The third kappa shape index (κ3) is 4.71. The van der Waals surface area contributed by atoms with Gasteiger partial charge >= 0.3 is 0 Å². The molecule has 0 fully saturated rings. The van der Waals surface area contributed by atoms with Gasteiger partial charge in [-0.15, -0.1) is 0 Å². The topological polar surface area (TPSA) is 41.9 Å². The van der Waals surface area contributed by atoms with Gasteiger partial charge in [-0.05, 0) is 36.7 Å². The molecule has 0 bridgehead atoms. The lowest BCUT2D eigenvalue weighted by Crippen LogP contribution is -2.31. The van der Waals surface area contributed by atoms with Crippen molar-refractivity contribution >= 4 is 34.7 Å². The first-order chi connectivity index (χ1) is 10.5. The van der Waals surface area contributed by atoms with Crippen LogP contribution < -0.4 is 10.6 Å². The van der Waals surface area contributed by atoms with E-state index < -0.39 is 0 Å². The number of aromatic nitrogens is 2. The lowest BCUT2D eigenvalue weighted by Gasteiger charge is -2.10. The van der Waals surface area contributed by atoms with Crippen LogP contribution in [0.4, 0.5) is 5.82 Å². The van der Waals surface area contributed by atoms with Crippen molar-refractivity contribution in [1.29, 1.82) is 0 Å². The highest BCUT2D eigenvalue weighted by atomic mass is 35.5. The standard InChI is InChI=1S/C16H21ClN4S/c1-11(2)9-18-16(22)19-15-8-12(3)21(20-15)10-13-6-4-5-7-14(13)17/h4-8,11H,9-10H2,1-3H3,(H2,18,19,20,22). The van der Waals surface area contributed by atoms with Crippen LogP contribution in [0.3, 0.4) is 0 Å². The van der Waals surface area contributed by atoms with Crippen molar-refractivity contribution < 1.29 is 0 Å². The number of benzene rings is 1. The molecular formula is C16H21ClN4S. The monoisotopic (exact) mass is 336 g/mol. The molecule has 1 aromatic heterocycles. The smallest absolute Gasteiger partial charge is 0.171 e. The van der Waals surface area contributed by atoms with Crippen LogP contribution in [0, 0.1) is 12.8 Å². The maximum absolute atomic E-state index is 6.20. The highest BCUT2D eigenvalue weighted by Gasteiger charge is 2.08. The second-order valence-corrected chi connectivity index (χ2v) is 6.46. The van der Waals surface area contributed by atoms with Crippen LogP contribution in [-0.2, 0) is 6.54 Å². The normalized spacial score (nSPS) is 10.8. The summed E-state index contributed by atoms with van der Waals surface area (Å²) in [5.74, 6) is 1.28. The van der Waals surface area contributed by atoms with E-state index in [4.69, 9.17) is 23.8 Å². The summed E-state index contributed by atoms with van der Waals surface area (Å²) in [5, 5.41) is 12.2. The second kappa shape index (κ2) is 7.61. The quantitative estimate of drug-likeness (QED) is 0.814. The molecule has 1 aromatic carbocycles. The molecule has 0 saturated carbocycles. The third-order valence-corrected chi connectivity index (χ3v) is 3.79. The first-order valence-corrected chi connectivity index (χ1v) is 8.07. The zero-order chi connectivity index (χ0) is 16.1. The van der Waals surface area contributed by atoms with E-state index in [1.54, 1.807) is 0 Å². The first kappa shape index (κ1) is 16.8. The zero-order valence-corrected chi connectivity index (χ0v) is 14.6. The number of thiocarbonyl (C=S) groups is 1. The Labute approximate surface area is 141 Å². The van der Waals surface area contributed by atoms with Gasteiger partial charge in [0.1, 0.15) is 0 Å². The fourth-order valence-corrected chi connectivity index (χ4v) is 2.36. The number of nitrogens with one attached hydrogen (secondary N) is 2. The molecule has 0 spiro atoms. The molecule has 2 aromatic rings. The van der Waals surface area contributed by atoms with E-state index >= 15 is 0 Å².